The molecule has 110 valence electrons. The summed E-state index contributed by atoms with van der Waals surface area (Å²) in [5, 5.41) is 5.30. The van der Waals surface area contributed by atoms with Crippen molar-refractivity contribution in [1.82, 2.24) is 10.3 Å². The third-order valence-corrected chi connectivity index (χ3v) is 2.81. The molecular weight excluding hydrogens is 276 g/mol. The van der Waals surface area contributed by atoms with Crippen LogP contribution in [0.4, 0.5) is 14.5 Å². The van der Waals surface area contributed by atoms with Gasteiger partial charge in [-0.05, 0) is 23.8 Å². The van der Waals surface area contributed by atoms with Crippen LogP contribution in [0, 0.1) is 11.6 Å². The molecule has 0 aliphatic heterocycles. The molecule has 0 fully saturated rings. The van der Waals surface area contributed by atoms with E-state index < -0.39 is 23.2 Å². The fourth-order valence-electron chi connectivity index (χ4n) is 1.76. The standard InChI is InChI=1S/C15H15F2N3O/c16-12-4-1-5-13(17)15(12)20-14(21)6-8-19-10-11-3-2-7-18-9-11/h1-5,7,9,19H,6,8,10H2,(H,20,21). The lowest BCUT2D eigenvalue weighted by Crippen LogP contribution is -2.22. The van der Waals surface area contributed by atoms with Crippen molar-refractivity contribution in [1.29, 1.82) is 0 Å². The van der Waals surface area contributed by atoms with Crippen molar-refractivity contribution < 1.29 is 13.6 Å². The van der Waals surface area contributed by atoms with Crippen molar-refractivity contribution in [3.63, 3.8) is 0 Å². The van der Waals surface area contributed by atoms with Crippen molar-refractivity contribution in [2.45, 2.75) is 13.0 Å². The van der Waals surface area contributed by atoms with Gasteiger partial charge < -0.3 is 10.6 Å². The van der Waals surface area contributed by atoms with Gasteiger partial charge in [-0.3, -0.25) is 9.78 Å². The van der Waals surface area contributed by atoms with Gasteiger partial charge in [0.2, 0.25) is 5.91 Å². The van der Waals surface area contributed by atoms with Crippen LogP contribution in [-0.4, -0.2) is 17.4 Å². The summed E-state index contributed by atoms with van der Waals surface area (Å²) in [7, 11) is 0. The van der Waals surface area contributed by atoms with Crippen LogP contribution in [0.25, 0.3) is 0 Å². The van der Waals surface area contributed by atoms with E-state index in [1.54, 1.807) is 12.4 Å². The minimum absolute atomic E-state index is 0.119. The first kappa shape index (κ1) is 15.1. The fraction of sp³-hybridized carbons (Fsp3) is 0.200. The topological polar surface area (TPSA) is 54.0 Å². The van der Waals surface area contributed by atoms with E-state index in [-0.39, 0.29) is 6.42 Å². The molecule has 6 heteroatoms. The maximum atomic E-state index is 13.3. The molecule has 0 saturated carbocycles. The minimum atomic E-state index is -0.785. The molecule has 1 heterocycles. The Morgan fingerprint density at radius 3 is 2.57 bits per heavy atom. The number of hydrogen-bond donors (Lipinski definition) is 2. The van der Waals surface area contributed by atoms with Crippen LogP contribution in [-0.2, 0) is 11.3 Å². The molecular formula is C15H15F2N3O. The van der Waals surface area contributed by atoms with Gasteiger partial charge in [-0.2, -0.15) is 0 Å². The number of halogens is 2. The molecule has 1 aromatic carbocycles. The maximum absolute atomic E-state index is 13.3. The second-order valence-electron chi connectivity index (χ2n) is 4.43. The number of amides is 1. The largest absolute Gasteiger partial charge is 0.321 e. The highest BCUT2D eigenvalue weighted by Gasteiger charge is 2.11. The average molecular weight is 291 g/mol. The smallest absolute Gasteiger partial charge is 0.225 e. The zero-order valence-electron chi connectivity index (χ0n) is 11.3. The zero-order chi connectivity index (χ0) is 15.1. The van der Waals surface area contributed by atoms with E-state index in [0.717, 1.165) is 17.7 Å². The van der Waals surface area contributed by atoms with Gasteiger partial charge in [-0.1, -0.05) is 12.1 Å². The van der Waals surface area contributed by atoms with Crippen LogP contribution >= 0.6 is 0 Å². The Morgan fingerprint density at radius 1 is 1.14 bits per heavy atom. The monoisotopic (exact) mass is 291 g/mol. The Hall–Kier alpha value is -2.34. The number of nitrogens with zero attached hydrogens (tertiary/aromatic N) is 1. The number of carbonyl (C=O) groups is 1. The summed E-state index contributed by atoms with van der Waals surface area (Å²) >= 11 is 0. The molecule has 21 heavy (non-hydrogen) atoms. The summed E-state index contributed by atoms with van der Waals surface area (Å²) in [6, 6.07) is 7.17. The number of anilines is 1. The number of carbonyl (C=O) groups excluding carboxylic acids is 1. The number of hydrogen-bond acceptors (Lipinski definition) is 3. The van der Waals surface area contributed by atoms with Gasteiger partial charge in [0.1, 0.15) is 17.3 Å². The van der Waals surface area contributed by atoms with E-state index in [4.69, 9.17) is 0 Å². The van der Waals surface area contributed by atoms with Crippen molar-refractivity contribution >= 4 is 11.6 Å². The molecule has 4 nitrogen and oxygen atoms in total. The van der Waals surface area contributed by atoms with Crippen LogP contribution < -0.4 is 10.6 Å². The third kappa shape index (κ3) is 4.61. The van der Waals surface area contributed by atoms with Gasteiger partial charge in [0.25, 0.3) is 0 Å². The Bertz CT molecular complexity index is 585. The molecule has 0 unspecified atom stereocenters. The van der Waals surface area contributed by atoms with Crippen LogP contribution in [0.2, 0.25) is 0 Å². The summed E-state index contributed by atoms with van der Waals surface area (Å²) in [6.07, 6.45) is 3.52. The number of rotatable bonds is 6. The number of pyridine rings is 1. The van der Waals surface area contributed by atoms with Gasteiger partial charge in [-0.15, -0.1) is 0 Å². The number of nitrogens with one attached hydrogen (secondary N) is 2. The summed E-state index contributed by atoms with van der Waals surface area (Å²) in [5.74, 6) is -2.02. The molecule has 0 aliphatic carbocycles. The van der Waals surface area contributed by atoms with E-state index in [1.807, 2.05) is 12.1 Å². The molecule has 0 bridgehead atoms. The molecule has 2 N–H and O–H groups in total. The van der Waals surface area contributed by atoms with E-state index >= 15 is 0 Å². The lowest BCUT2D eigenvalue weighted by molar-refractivity contribution is -0.116. The van der Waals surface area contributed by atoms with Crippen molar-refractivity contribution in [3.05, 3.63) is 59.9 Å². The normalized spacial score (nSPS) is 10.4. The number of para-hydroxylation sites is 1. The lowest BCUT2D eigenvalue weighted by atomic mass is 10.2. The Morgan fingerprint density at radius 2 is 1.90 bits per heavy atom. The van der Waals surface area contributed by atoms with E-state index in [1.165, 1.54) is 6.07 Å². The Balaban J connectivity index is 1.75. The summed E-state index contributed by atoms with van der Waals surface area (Å²) < 4.78 is 26.7. The molecule has 0 spiro atoms. The molecule has 1 aromatic heterocycles. The first-order valence-corrected chi connectivity index (χ1v) is 6.50. The van der Waals surface area contributed by atoms with E-state index in [2.05, 4.69) is 15.6 Å². The van der Waals surface area contributed by atoms with Crippen LogP contribution in [0.3, 0.4) is 0 Å². The molecule has 1 amide bonds. The summed E-state index contributed by atoms with van der Waals surface area (Å²) in [5.41, 5.74) is 0.591. The van der Waals surface area contributed by atoms with E-state index in [0.29, 0.717) is 13.1 Å². The van der Waals surface area contributed by atoms with Gasteiger partial charge >= 0.3 is 0 Å². The van der Waals surface area contributed by atoms with Gasteiger partial charge in [0.15, 0.2) is 0 Å². The molecule has 2 rings (SSSR count). The first-order chi connectivity index (χ1) is 10.2. The lowest BCUT2D eigenvalue weighted by Gasteiger charge is -2.08. The van der Waals surface area contributed by atoms with Gasteiger partial charge in [0, 0.05) is 31.9 Å². The zero-order valence-corrected chi connectivity index (χ0v) is 11.3. The van der Waals surface area contributed by atoms with Crippen molar-refractivity contribution in [2.24, 2.45) is 0 Å². The number of benzene rings is 1. The SMILES string of the molecule is O=C(CCNCc1cccnc1)Nc1c(F)cccc1F. The maximum Gasteiger partial charge on any atom is 0.225 e. The third-order valence-electron chi connectivity index (χ3n) is 2.81. The minimum Gasteiger partial charge on any atom is -0.321 e. The predicted octanol–water partition coefficient (Wildman–Crippen LogP) is 2.48. The van der Waals surface area contributed by atoms with E-state index in [9.17, 15) is 13.6 Å². The van der Waals surface area contributed by atoms with Crippen molar-refractivity contribution in [2.75, 3.05) is 11.9 Å². The predicted molar refractivity (Wildman–Crippen MR) is 75.5 cm³/mol. The van der Waals surface area contributed by atoms with Crippen LogP contribution in [0.5, 0.6) is 0 Å². The molecule has 0 aliphatic rings. The van der Waals surface area contributed by atoms with Crippen LogP contribution in [0.15, 0.2) is 42.7 Å². The summed E-state index contributed by atoms with van der Waals surface area (Å²) in [4.78, 5) is 15.6. The van der Waals surface area contributed by atoms with Crippen LogP contribution in [0.1, 0.15) is 12.0 Å². The van der Waals surface area contributed by atoms with Gasteiger partial charge in [-0.25, -0.2) is 8.78 Å². The molecule has 2 aromatic rings. The second kappa shape index (κ2) is 7.44. The summed E-state index contributed by atoms with van der Waals surface area (Å²) in [6.45, 7) is 0.978. The molecule has 0 atom stereocenters. The molecule has 0 saturated heterocycles. The Labute approximate surface area is 121 Å². The number of aromatic nitrogens is 1. The quantitative estimate of drug-likeness (QED) is 0.804. The molecule has 0 radical (unpaired) electrons. The highest BCUT2D eigenvalue weighted by molar-refractivity contribution is 5.91. The first-order valence-electron chi connectivity index (χ1n) is 6.50. The Kier molecular flexibility index (Phi) is 5.34. The van der Waals surface area contributed by atoms with Gasteiger partial charge in [0.05, 0.1) is 0 Å². The highest BCUT2D eigenvalue weighted by Crippen LogP contribution is 2.17. The fourth-order valence-corrected chi connectivity index (χ4v) is 1.76. The second-order valence-corrected chi connectivity index (χ2v) is 4.43. The average Bonchev–Trinajstić information content (AvgIpc) is 2.49. The van der Waals surface area contributed by atoms with Crippen molar-refractivity contribution in [3.8, 4) is 0 Å². The highest BCUT2D eigenvalue weighted by atomic mass is 19.1.